The van der Waals surface area contributed by atoms with E-state index in [1.165, 1.54) is 22.9 Å². The molecule has 2 aliphatic heterocycles. The highest BCUT2D eigenvalue weighted by Gasteiger charge is 2.39. The Bertz CT molecular complexity index is 1340. The van der Waals surface area contributed by atoms with Crippen molar-refractivity contribution in [2.45, 2.75) is 43.8 Å². The molecule has 1 aromatic heterocycles. The molecule has 2 N–H and O–H groups in total. The van der Waals surface area contributed by atoms with Crippen LogP contribution in [0, 0.1) is 6.92 Å². The van der Waals surface area contributed by atoms with E-state index in [-0.39, 0.29) is 17.6 Å². The van der Waals surface area contributed by atoms with Gasteiger partial charge in [-0.1, -0.05) is 42.5 Å². The number of primary amides is 1. The van der Waals surface area contributed by atoms with E-state index in [9.17, 15) is 14.4 Å². The number of fused-ring (bicyclic) bond motifs is 1. The number of carbonyl (C=O) groups excluding carboxylic acids is 3. The Morgan fingerprint density at radius 2 is 1.69 bits per heavy atom. The van der Waals surface area contributed by atoms with E-state index >= 15 is 0 Å². The lowest BCUT2D eigenvalue weighted by Gasteiger charge is -2.37. The van der Waals surface area contributed by atoms with Gasteiger partial charge in [-0.2, -0.15) is 0 Å². The molecule has 5 rings (SSSR count). The van der Waals surface area contributed by atoms with Crippen molar-refractivity contribution in [3.63, 3.8) is 0 Å². The van der Waals surface area contributed by atoms with Crippen molar-refractivity contribution in [1.29, 1.82) is 0 Å². The van der Waals surface area contributed by atoms with Gasteiger partial charge in [0.2, 0.25) is 11.8 Å². The molecule has 204 valence electrons. The van der Waals surface area contributed by atoms with E-state index in [1.807, 2.05) is 48.8 Å². The van der Waals surface area contributed by atoms with Crippen LogP contribution in [0.25, 0.3) is 0 Å². The zero-order valence-corrected chi connectivity index (χ0v) is 23.0. The maximum absolute atomic E-state index is 13.9. The fraction of sp³-hybridized carbons (Fsp3) is 0.379. The predicted molar refractivity (Wildman–Crippen MR) is 150 cm³/mol. The summed E-state index contributed by atoms with van der Waals surface area (Å²) in [4.78, 5) is 50.0. The van der Waals surface area contributed by atoms with Crippen molar-refractivity contribution < 1.29 is 14.4 Å². The number of aryl methyl sites for hydroxylation is 1. The van der Waals surface area contributed by atoms with Gasteiger partial charge in [0.1, 0.15) is 6.04 Å². The Balaban J connectivity index is 1.39. The van der Waals surface area contributed by atoms with Crippen LogP contribution in [0.15, 0.2) is 65.8 Å². The molecule has 0 aliphatic carbocycles. The number of thioether (sulfide) groups is 1. The monoisotopic (exact) mass is 546 g/mol. The first-order chi connectivity index (χ1) is 18.9. The van der Waals surface area contributed by atoms with Gasteiger partial charge < -0.3 is 25.0 Å². The normalized spacial score (nSPS) is 17.5. The Labute approximate surface area is 233 Å². The van der Waals surface area contributed by atoms with E-state index in [0.29, 0.717) is 52.1 Å². The lowest BCUT2D eigenvalue weighted by Crippen LogP contribution is -2.55. The van der Waals surface area contributed by atoms with Crippen LogP contribution in [0.1, 0.15) is 28.9 Å². The molecule has 1 fully saturated rings. The second-order valence-corrected chi connectivity index (χ2v) is 11.1. The fourth-order valence-corrected chi connectivity index (χ4v) is 6.08. The highest BCUT2D eigenvalue weighted by Crippen LogP contribution is 2.27. The van der Waals surface area contributed by atoms with Crippen molar-refractivity contribution in [2.75, 3.05) is 31.9 Å². The quantitative estimate of drug-likeness (QED) is 0.479. The molecular weight excluding hydrogens is 512 g/mol. The van der Waals surface area contributed by atoms with Crippen LogP contribution >= 0.6 is 11.8 Å². The molecule has 3 heterocycles. The maximum Gasteiger partial charge on any atom is 0.314 e. The number of benzene rings is 2. The standard InChI is InChI=1S/C29H34N6O3S/c1-21-8-5-6-9-22(21)17-34-20-31-24-16-25(28(37)32-12-7-13-33(15-14-32)29(30)38)35(18-26(24)34)27(36)19-39-23-10-3-2-4-11-23/h2-6,8-11,20,25H,7,12-19H2,1H3,(H2,30,38). The van der Waals surface area contributed by atoms with Gasteiger partial charge in [-0.05, 0) is 36.6 Å². The molecule has 3 aromatic rings. The third kappa shape index (κ3) is 6.11. The van der Waals surface area contributed by atoms with Gasteiger partial charge >= 0.3 is 6.03 Å². The minimum absolute atomic E-state index is 0.0786. The molecule has 1 atom stereocenters. The molecular formula is C29H34N6O3S. The van der Waals surface area contributed by atoms with Crippen molar-refractivity contribution in [3.05, 3.63) is 83.4 Å². The van der Waals surface area contributed by atoms with E-state index in [1.54, 1.807) is 14.7 Å². The summed E-state index contributed by atoms with van der Waals surface area (Å²) in [5.41, 5.74) is 9.70. The van der Waals surface area contributed by atoms with Gasteiger partial charge in [-0.25, -0.2) is 9.78 Å². The van der Waals surface area contributed by atoms with Crippen LogP contribution in [0.2, 0.25) is 0 Å². The zero-order valence-electron chi connectivity index (χ0n) is 22.2. The molecule has 2 aliphatic rings. The highest BCUT2D eigenvalue weighted by molar-refractivity contribution is 8.00. The predicted octanol–water partition coefficient (Wildman–Crippen LogP) is 2.90. The number of rotatable bonds is 6. The molecule has 1 saturated heterocycles. The van der Waals surface area contributed by atoms with Gasteiger partial charge in [-0.3, -0.25) is 9.59 Å². The smallest absolute Gasteiger partial charge is 0.314 e. The van der Waals surface area contributed by atoms with Crippen molar-refractivity contribution >= 4 is 29.6 Å². The topological polar surface area (TPSA) is 105 Å². The number of nitrogens with zero attached hydrogens (tertiary/aromatic N) is 5. The molecule has 0 radical (unpaired) electrons. The molecule has 39 heavy (non-hydrogen) atoms. The molecule has 1 unspecified atom stereocenters. The molecule has 0 saturated carbocycles. The Morgan fingerprint density at radius 3 is 2.46 bits per heavy atom. The van der Waals surface area contributed by atoms with Gasteiger partial charge in [-0.15, -0.1) is 11.8 Å². The number of hydrogen-bond donors (Lipinski definition) is 1. The Kier molecular flexibility index (Phi) is 8.21. The first-order valence-electron chi connectivity index (χ1n) is 13.3. The van der Waals surface area contributed by atoms with Crippen molar-refractivity contribution in [1.82, 2.24) is 24.3 Å². The minimum Gasteiger partial charge on any atom is -0.351 e. The summed E-state index contributed by atoms with van der Waals surface area (Å²) >= 11 is 1.47. The van der Waals surface area contributed by atoms with Crippen LogP contribution in [-0.2, 0) is 29.1 Å². The summed E-state index contributed by atoms with van der Waals surface area (Å²) in [5.74, 6) is 0.0633. The lowest BCUT2D eigenvalue weighted by atomic mass is 10.0. The lowest BCUT2D eigenvalue weighted by molar-refractivity contribution is -0.145. The molecule has 0 spiro atoms. The van der Waals surface area contributed by atoms with Crippen LogP contribution in [0.5, 0.6) is 0 Å². The van der Waals surface area contributed by atoms with E-state index in [0.717, 1.165) is 16.3 Å². The average molecular weight is 547 g/mol. The number of urea groups is 1. The van der Waals surface area contributed by atoms with Gasteiger partial charge in [0.15, 0.2) is 0 Å². The maximum atomic E-state index is 13.9. The first-order valence-corrected chi connectivity index (χ1v) is 14.3. The van der Waals surface area contributed by atoms with Crippen LogP contribution in [0.3, 0.4) is 0 Å². The molecule has 10 heteroatoms. The van der Waals surface area contributed by atoms with Crippen LogP contribution in [0.4, 0.5) is 4.79 Å². The average Bonchev–Trinajstić information content (AvgIpc) is 3.16. The summed E-state index contributed by atoms with van der Waals surface area (Å²) in [6, 6.07) is 16.9. The largest absolute Gasteiger partial charge is 0.351 e. The molecule has 0 bridgehead atoms. The summed E-state index contributed by atoms with van der Waals surface area (Å²) in [6.45, 7) is 4.90. The van der Waals surface area contributed by atoms with Gasteiger partial charge in [0, 0.05) is 44.0 Å². The summed E-state index contributed by atoms with van der Waals surface area (Å²) in [5, 5.41) is 0. The van der Waals surface area contributed by atoms with Crippen molar-refractivity contribution in [2.24, 2.45) is 5.73 Å². The number of hydrogen-bond acceptors (Lipinski definition) is 5. The molecule has 9 nitrogen and oxygen atoms in total. The van der Waals surface area contributed by atoms with Gasteiger partial charge in [0.25, 0.3) is 0 Å². The van der Waals surface area contributed by atoms with Crippen molar-refractivity contribution in [3.8, 4) is 0 Å². The number of amides is 4. The highest BCUT2D eigenvalue weighted by atomic mass is 32.2. The summed E-state index contributed by atoms with van der Waals surface area (Å²) < 4.78 is 2.10. The minimum atomic E-state index is -0.636. The summed E-state index contributed by atoms with van der Waals surface area (Å²) in [7, 11) is 0. The fourth-order valence-electron chi connectivity index (χ4n) is 5.27. The third-order valence-corrected chi connectivity index (χ3v) is 8.54. The van der Waals surface area contributed by atoms with E-state index in [4.69, 9.17) is 5.73 Å². The zero-order chi connectivity index (χ0) is 27.4. The SMILES string of the molecule is Cc1ccccc1Cn1cnc2c1CN(C(=O)CSc1ccccc1)C(C(=O)N1CCCN(C(N)=O)CC1)C2. The number of nitrogens with two attached hydrogens (primary N) is 1. The molecule has 4 amide bonds. The van der Waals surface area contributed by atoms with E-state index < -0.39 is 12.1 Å². The number of carbonyl (C=O) groups is 3. The second kappa shape index (κ2) is 11.9. The number of aromatic nitrogens is 2. The molecule has 2 aromatic carbocycles. The third-order valence-electron chi connectivity index (χ3n) is 7.55. The van der Waals surface area contributed by atoms with E-state index in [2.05, 4.69) is 28.6 Å². The Hall–Kier alpha value is -3.79. The van der Waals surface area contributed by atoms with Crippen LogP contribution < -0.4 is 5.73 Å². The number of imidazole rings is 1. The van der Waals surface area contributed by atoms with Crippen LogP contribution in [-0.4, -0.2) is 80.1 Å². The summed E-state index contributed by atoms with van der Waals surface area (Å²) in [6.07, 6.45) is 2.84. The van der Waals surface area contributed by atoms with Gasteiger partial charge in [0.05, 0.1) is 30.0 Å². The first kappa shape index (κ1) is 26.8. The Morgan fingerprint density at radius 1 is 0.974 bits per heavy atom. The second-order valence-electron chi connectivity index (χ2n) is 10.0.